The van der Waals surface area contributed by atoms with Crippen LogP contribution in [0.4, 0.5) is 17.1 Å². The summed E-state index contributed by atoms with van der Waals surface area (Å²) in [6.45, 7) is 6.25. The van der Waals surface area contributed by atoms with Gasteiger partial charge in [-0.05, 0) is 54.4 Å². The monoisotopic (exact) mass is 434 g/mol. The molecule has 0 spiro atoms. The molecule has 3 N–H and O–H groups in total. The minimum atomic E-state index is -0.141. The van der Waals surface area contributed by atoms with E-state index in [2.05, 4.69) is 46.3 Å². The van der Waals surface area contributed by atoms with Gasteiger partial charge in [0, 0.05) is 49.0 Å². The van der Waals surface area contributed by atoms with Crippen molar-refractivity contribution in [1.29, 1.82) is 0 Å². The summed E-state index contributed by atoms with van der Waals surface area (Å²) in [6.07, 6.45) is 0. The fourth-order valence-corrected chi connectivity index (χ4v) is 4.10. The molecule has 160 valence electrons. The maximum Gasteiger partial charge on any atom is 0.251 e. The SMILES string of the molecule is Cc1ccccc1N1CCN(c2ccc(C(=O)NCc3ccc(Cl)cc3)cc2N)CC1. The van der Waals surface area contributed by atoms with E-state index < -0.39 is 0 Å². The van der Waals surface area contributed by atoms with Gasteiger partial charge in [0.15, 0.2) is 0 Å². The first-order valence-electron chi connectivity index (χ1n) is 10.5. The molecule has 1 heterocycles. The largest absolute Gasteiger partial charge is 0.397 e. The van der Waals surface area contributed by atoms with Crippen LogP contribution >= 0.6 is 11.6 Å². The number of rotatable bonds is 5. The first-order chi connectivity index (χ1) is 15.0. The molecule has 3 aromatic rings. The van der Waals surface area contributed by atoms with Gasteiger partial charge in [-0.2, -0.15) is 0 Å². The van der Waals surface area contributed by atoms with Gasteiger partial charge in [-0.3, -0.25) is 4.79 Å². The minimum Gasteiger partial charge on any atom is -0.397 e. The average Bonchev–Trinajstić information content (AvgIpc) is 2.79. The average molecular weight is 435 g/mol. The molecule has 0 saturated carbocycles. The lowest BCUT2D eigenvalue weighted by molar-refractivity contribution is 0.0951. The Morgan fingerprint density at radius 3 is 2.23 bits per heavy atom. The number of carbonyl (C=O) groups is 1. The molecule has 1 saturated heterocycles. The third-order valence-electron chi connectivity index (χ3n) is 5.73. The molecular weight excluding hydrogens is 408 g/mol. The molecule has 0 bridgehead atoms. The Morgan fingerprint density at radius 2 is 1.58 bits per heavy atom. The summed E-state index contributed by atoms with van der Waals surface area (Å²) in [7, 11) is 0. The van der Waals surface area contributed by atoms with Gasteiger partial charge >= 0.3 is 0 Å². The highest BCUT2D eigenvalue weighted by molar-refractivity contribution is 6.30. The van der Waals surface area contributed by atoms with Crippen LogP contribution in [0.3, 0.4) is 0 Å². The number of anilines is 3. The molecule has 1 amide bonds. The number of nitrogen functional groups attached to an aromatic ring is 1. The molecule has 0 radical (unpaired) electrons. The van der Waals surface area contributed by atoms with Crippen LogP contribution in [0.25, 0.3) is 0 Å². The van der Waals surface area contributed by atoms with Crippen LogP contribution in [-0.4, -0.2) is 32.1 Å². The molecule has 1 aliphatic rings. The van der Waals surface area contributed by atoms with Crippen LogP contribution in [0.2, 0.25) is 5.02 Å². The van der Waals surface area contributed by atoms with Crippen molar-refractivity contribution in [1.82, 2.24) is 5.32 Å². The van der Waals surface area contributed by atoms with Crippen LogP contribution < -0.4 is 20.9 Å². The van der Waals surface area contributed by atoms with Crippen LogP contribution in [0, 0.1) is 6.92 Å². The highest BCUT2D eigenvalue weighted by Crippen LogP contribution is 2.28. The predicted molar refractivity (Wildman–Crippen MR) is 129 cm³/mol. The first-order valence-corrected chi connectivity index (χ1v) is 10.9. The molecule has 0 unspecified atom stereocenters. The molecule has 0 aromatic heterocycles. The van der Waals surface area contributed by atoms with Gasteiger partial charge in [0.2, 0.25) is 0 Å². The van der Waals surface area contributed by atoms with Crippen molar-refractivity contribution in [2.75, 3.05) is 41.7 Å². The Balaban J connectivity index is 1.37. The number of para-hydroxylation sites is 1. The van der Waals surface area contributed by atoms with E-state index in [4.69, 9.17) is 17.3 Å². The number of piperazine rings is 1. The van der Waals surface area contributed by atoms with Crippen molar-refractivity contribution in [3.8, 4) is 0 Å². The smallest absolute Gasteiger partial charge is 0.251 e. The van der Waals surface area contributed by atoms with Crippen molar-refractivity contribution in [3.63, 3.8) is 0 Å². The molecule has 4 rings (SSSR count). The van der Waals surface area contributed by atoms with Gasteiger partial charge in [-0.25, -0.2) is 0 Å². The summed E-state index contributed by atoms with van der Waals surface area (Å²) in [5, 5.41) is 3.61. The highest BCUT2D eigenvalue weighted by Gasteiger charge is 2.20. The fourth-order valence-electron chi connectivity index (χ4n) is 3.98. The number of benzene rings is 3. The molecule has 0 atom stereocenters. The van der Waals surface area contributed by atoms with E-state index in [9.17, 15) is 4.79 Å². The fraction of sp³-hybridized carbons (Fsp3) is 0.240. The van der Waals surface area contributed by atoms with E-state index in [-0.39, 0.29) is 5.91 Å². The zero-order valence-electron chi connectivity index (χ0n) is 17.6. The lowest BCUT2D eigenvalue weighted by atomic mass is 10.1. The highest BCUT2D eigenvalue weighted by atomic mass is 35.5. The third kappa shape index (κ3) is 4.94. The molecule has 6 heteroatoms. The number of hydrogen-bond donors (Lipinski definition) is 2. The van der Waals surface area contributed by atoms with Gasteiger partial charge in [0.1, 0.15) is 0 Å². The van der Waals surface area contributed by atoms with E-state index in [1.807, 2.05) is 36.4 Å². The van der Waals surface area contributed by atoms with E-state index in [1.54, 1.807) is 6.07 Å². The van der Waals surface area contributed by atoms with Gasteiger partial charge in [-0.15, -0.1) is 0 Å². The Hall–Kier alpha value is -3.18. The van der Waals surface area contributed by atoms with Crippen LogP contribution in [0.1, 0.15) is 21.5 Å². The summed E-state index contributed by atoms with van der Waals surface area (Å²) in [6, 6.07) is 21.5. The number of halogens is 1. The quantitative estimate of drug-likeness (QED) is 0.581. The van der Waals surface area contributed by atoms with Crippen molar-refractivity contribution in [2.45, 2.75) is 13.5 Å². The Kier molecular flexibility index (Phi) is 6.33. The molecule has 0 aliphatic carbocycles. The Labute approximate surface area is 188 Å². The van der Waals surface area contributed by atoms with Gasteiger partial charge in [0.25, 0.3) is 5.91 Å². The first kappa shape index (κ1) is 21.1. The molecule has 1 fully saturated rings. The van der Waals surface area contributed by atoms with Crippen molar-refractivity contribution in [3.05, 3.63) is 88.4 Å². The Bertz CT molecular complexity index is 1060. The minimum absolute atomic E-state index is 0.141. The second-order valence-corrected chi connectivity index (χ2v) is 8.28. The van der Waals surface area contributed by atoms with E-state index in [0.29, 0.717) is 22.8 Å². The number of amides is 1. The van der Waals surface area contributed by atoms with Gasteiger partial charge in [-0.1, -0.05) is 41.9 Å². The summed E-state index contributed by atoms with van der Waals surface area (Å²) in [5.74, 6) is -0.141. The maximum atomic E-state index is 12.5. The zero-order valence-corrected chi connectivity index (χ0v) is 18.4. The van der Waals surface area contributed by atoms with Gasteiger partial charge in [0.05, 0.1) is 11.4 Å². The molecule has 3 aromatic carbocycles. The zero-order chi connectivity index (χ0) is 21.8. The number of nitrogens with two attached hydrogens (primary N) is 1. The number of aryl methyl sites for hydroxylation is 1. The second-order valence-electron chi connectivity index (χ2n) is 7.84. The number of nitrogens with zero attached hydrogens (tertiary/aromatic N) is 2. The van der Waals surface area contributed by atoms with Gasteiger partial charge < -0.3 is 20.9 Å². The molecule has 31 heavy (non-hydrogen) atoms. The van der Waals surface area contributed by atoms with Crippen LogP contribution in [0.5, 0.6) is 0 Å². The predicted octanol–water partition coefficient (Wildman–Crippen LogP) is 4.49. The normalized spacial score (nSPS) is 13.9. The van der Waals surface area contributed by atoms with Crippen LogP contribution in [-0.2, 0) is 6.54 Å². The number of nitrogens with one attached hydrogen (secondary N) is 1. The molecule has 5 nitrogen and oxygen atoms in total. The standard InChI is InChI=1S/C25H27ClN4O/c1-18-4-2-3-5-23(18)29-12-14-30(15-13-29)24-11-8-20(16-22(24)27)25(31)28-17-19-6-9-21(26)10-7-19/h2-11,16H,12-15,17,27H2,1H3,(H,28,31). The topological polar surface area (TPSA) is 61.6 Å². The number of hydrogen-bond acceptors (Lipinski definition) is 4. The second kappa shape index (κ2) is 9.31. The van der Waals surface area contributed by atoms with Crippen molar-refractivity contribution < 1.29 is 4.79 Å². The van der Waals surface area contributed by atoms with Crippen LogP contribution in [0.15, 0.2) is 66.7 Å². The lowest BCUT2D eigenvalue weighted by Gasteiger charge is -2.38. The van der Waals surface area contributed by atoms with E-state index in [0.717, 1.165) is 37.4 Å². The molecule has 1 aliphatic heterocycles. The summed E-state index contributed by atoms with van der Waals surface area (Å²) in [4.78, 5) is 17.3. The summed E-state index contributed by atoms with van der Waals surface area (Å²) in [5.41, 5.74) is 12.1. The third-order valence-corrected chi connectivity index (χ3v) is 5.98. The van der Waals surface area contributed by atoms with E-state index >= 15 is 0 Å². The number of carbonyl (C=O) groups excluding carboxylic acids is 1. The van der Waals surface area contributed by atoms with Crippen molar-refractivity contribution >= 4 is 34.6 Å². The Morgan fingerprint density at radius 1 is 0.935 bits per heavy atom. The molecular formula is C25H27ClN4O. The summed E-state index contributed by atoms with van der Waals surface area (Å²) >= 11 is 5.90. The lowest BCUT2D eigenvalue weighted by Crippen LogP contribution is -2.47. The van der Waals surface area contributed by atoms with E-state index in [1.165, 1.54) is 11.3 Å². The maximum absolute atomic E-state index is 12.5. The van der Waals surface area contributed by atoms with Crippen molar-refractivity contribution in [2.24, 2.45) is 0 Å². The summed E-state index contributed by atoms with van der Waals surface area (Å²) < 4.78 is 0.